The predicted octanol–water partition coefficient (Wildman–Crippen LogP) is 4.70. The largest absolute Gasteiger partial charge is 0.457 e. The van der Waals surface area contributed by atoms with Crippen LogP contribution in [0.2, 0.25) is 0 Å². The number of rotatable bonds is 7. The first-order valence-corrected chi connectivity index (χ1v) is 11.4. The predicted molar refractivity (Wildman–Crippen MR) is 110 cm³/mol. The Morgan fingerprint density at radius 2 is 2.00 bits per heavy atom. The molecular formula is C22H27F2NO3S. The van der Waals surface area contributed by atoms with E-state index < -0.39 is 27.2 Å². The monoisotopic (exact) mass is 423 g/mol. The smallest absolute Gasteiger partial charge is 0.178 e. The third-order valence-corrected chi connectivity index (χ3v) is 7.30. The number of halogens is 2. The van der Waals surface area contributed by atoms with Gasteiger partial charge in [-0.3, -0.25) is 0 Å². The maximum absolute atomic E-state index is 15.6. The summed E-state index contributed by atoms with van der Waals surface area (Å²) in [6, 6.07) is 7.39. The van der Waals surface area contributed by atoms with Gasteiger partial charge in [0.25, 0.3) is 0 Å². The lowest BCUT2D eigenvalue weighted by Crippen LogP contribution is -2.27. The standard InChI is InChI=1S/C22H27F2NO3S/c1-5-29(26,27)20-7-6-19(28-16-11-14(2)10-15(23)12-16)17-13-22(3,24)18(21(17)20)8-9-25-4/h6-7,10-12,18,25H,5,8-9,13H2,1-4H3. The second-order valence-corrected chi connectivity index (χ2v) is 10.1. The Balaban J connectivity index is 2.16. The van der Waals surface area contributed by atoms with Crippen molar-refractivity contribution >= 4 is 9.84 Å². The molecule has 3 rings (SSSR count). The molecule has 0 saturated carbocycles. The quantitative estimate of drug-likeness (QED) is 0.702. The van der Waals surface area contributed by atoms with E-state index in [0.29, 0.717) is 41.2 Å². The van der Waals surface area contributed by atoms with Crippen molar-refractivity contribution in [2.75, 3.05) is 19.3 Å². The summed E-state index contributed by atoms with van der Waals surface area (Å²) in [7, 11) is -1.76. The maximum atomic E-state index is 15.6. The molecule has 0 radical (unpaired) electrons. The second kappa shape index (κ2) is 8.03. The van der Waals surface area contributed by atoms with Crippen LogP contribution in [0.1, 0.15) is 42.9 Å². The molecule has 2 aromatic rings. The molecule has 1 aliphatic carbocycles. The zero-order valence-corrected chi connectivity index (χ0v) is 18.0. The zero-order chi connectivity index (χ0) is 21.4. The molecule has 2 atom stereocenters. The Morgan fingerprint density at radius 1 is 1.28 bits per heavy atom. The molecule has 2 unspecified atom stereocenters. The van der Waals surface area contributed by atoms with Crippen LogP contribution in [-0.4, -0.2) is 33.4 Å². The number of benzene rings is 2. The average Bonchev–Trinajstić information content (AvgIpc) is 2.89. The molecule has 0 bridgehead atoms. The van der Waals surface area contributed by atoms with Crippen molar-refractivity contribution in [2.45, 2.75) is 50.1 Å². The lowest BCUT2D eigenvalue weighted by atomic mass is 9.88. The number of sulfone groups is 1. The Kier molecular flexibility index (Phi) is 6.01. The van der Waals surface area contributed by atoms with Gasteiger partial charge in [-0.05, 0) is 69.3 Å². The van der Waals surface area contributed by atoms with Crippen molar-refractivity contribution in [1.29, 1.82) is 0 Å². The van der Waals surface area contributed by atoms with Crippen LogP contribution in [0, 0.1) is 12.7 Å². The molecule has 0 fully saturated rings. The van der Waals surface area contributed by atoms with Crippen molar-refractivity contribution in [3.63, 3.8) is 0 Å². The van der Waals surface area contributed by atoms with Gasteiger partial charge in [0.05, 0.1) is 10.6 Å². The summed E-state index contributed by atoms with van der Waals surface area (Å²) in [6.45, 7) is 5.40. The van der Waals surface area contributed by atoms with Gasteiger partial charge in [-0.1, -0.05) is 6.92 Å². The summed E-state index contributed by atoms with van der Waals surface area (Å²) in [5.74, 6) is -0.390. The number of fused-ring (bicyclic) bond motifs is 1. The van der Waals surface area contributed by atoms with Gasteiger partial charge >= 0.3 is 0 Å². The number of alkyl halides is 1. The van der Waals surface area contributed by atoms with Gasteiger partial charge < -0.3 is 10.1 Å². The summed E-state index contributed by atoms with van der Waals surface area (Å²) >= 11 is 0. The lowest BCUT2D eigenvalue weighted by Gasteiger charge is -2.24. The van der Waals surface area contributed by atoms with E-state index in [-0.39, 0.29) is 17.1 Å². The van der Waals surface area contributed by atoms with Crippen molar-refractivity contribution < 1.29 is 21.9 Å². The second-order valence-electron chi connectivity index (χ2n) is 7.82. The molecule has 1 aliphatic rings. The van der Waals surface area contributed by atoms with E-state index in [9.17, 15) is 12.8 Å². The Hall–Kier alpha value is -1.99. The highest BCUT2D eigenvalue weighted by molar-refractivity contribution is 7.91. The van der Waals surface area contributed by atoms with E-state index in [0.717, 1.165) is 0 Å². The first-order chi connectivity index (χ1) is 13.6. The van der Waals surface area contributed by atoms with Crippen LogP contribution in [0.25, 0.3) is 0 Å². The van der Waals surface area contributed by atoms with Gasteiger partial charge in [-0.2, -0.15) is 0 Å². The molecule has 0 heterocycles. The summed E-state index contributed by atoms with van der Waals surface area (Å²) in [6.07, 6.45) is 0.513. The maximum Gasteiger partial charge on any atom is 0.178 e. The third kappa shape index (κ3) is 4.31. The van der Waals surface area contributed by atoms with Gasteiger partial charge in [-0.15, -0.1) is 0 Å². The topological polar surface area (TPSA) is 55.4 Å². The minimum atomic E-state index is -3.54. The fourth-order valence-corrected chi connectivity index (χ4v) is 5.29. The molecule has 0 saturated heterocycles. The number of aryl methyl sites for hydroxylation is 1. The molecule has 7 heteroatoms. The van der Waals surface area contributed by atoms with Crippen LogP contribution in [-0.2, 0) is 16.3 Å². The molecule has 2 aromatic carbocycles. The highest BCUT2D eigenvalue weighted by Gasteiger charge is 2.46. The van der Waals surface area contributed by atoms with Gasteiger partial charge in [-0.25, -0.2) is 17.2 Å². The van der Waals surface area contributed by atoms with E-state index in [1.807, 2.05) is 0 Å². The first kappa shape index (κ1) is 21.7. The van der Waals surface area contributed by atoms with E-state index in [4.69, 9.17) is 4.74 Å². The van der Waals surface area contributed by atoms with Crippen LogP contribution < -0.4 is 10.1 Å². The van der Waals surface area contributed by atoms with Crippen molar-refractivity contribution in [1.82, 2.24) is 5.32 Å². The number of hydrogen-bond donors (Lipinski definition) is 1. The normalized spacial score (nSPS) is 21.2. The highest BCUT2D eigenvalue weighted by atomic mass is 32.2. The lowest BCUT2D eigenvalue weighted by molar-refractivity contribution is 0.157. The van der Waals surface area contributed by atoms with Gasteiger partial charge in [0, 0.05) is 24.0 Å². The van der Waals surface area contributed by atoms with Crippen molar-refractivity contribution in [3.8, 4) is 11.5 Å². The van der Waals surface area contributed by atoms with Crippen LogP contribution >= 0.6 is 0 Å². The number of ether oxygens (including phenoxy) is 1. The molecule has 4 nitrogen and oxygen atoms in total. The Morgan fingerprint density at radius 3 is 2.62 bits per heavy atom. The molecule has 158 valence electrons. The van der Waals surface area contributed by atoms with Crippen LogP contribution in [0.15, 0.2) is 35.2 Å². The summed E-state index contributed by atoms with van der Waals surface area (Å²) in [4.78, 5) is 0.167. The minimum Gasteiger partial charge on any atom is -0.457 e. The van der Waals surface area contributed by atoms with Gasteiger partial charge in [0.2, 0.25) is 0 Å². The third-order valence-electron chi connectivity index (χ3n) is 5.51. The zero-order valence-electron chi connectivity index (χ0n) is 17.2. The van der Waals surface area contributed by atoms with Crippen LogP contribution in [0.4, 0.5) is 8.78 Å². The first-order valence-electron chi connectivity index (χ1n) is 9.76. The van der Waals surface area contributed by atoms with Crippen LogP contribution in [0.5, 0.6) is 11.5 Å². The number of nitrogens with one attached hydrogen (secondary N) is 1. The molecule has 0 aliphatic heterocycles. The van der Waals surface area contributed by atoms with Crippen molar-refractivity contribution in [3.05, 3.63) is 52.8 Å². The Labute approximate surface area is 171 Å². The average molecular weight is 424 g/mol. The molecule has 0 aromatic heterocycles. The summed E-state index contributed by atoms with van der Waals surface area (Å²) < 4.78 is 60.7. The number of hydrogen-bond acceptors (Lipinski definition) is 4. The Bertz CT molecular complexity index is 999. The van der Waals surface area contributed by atoms with E-state index in [2.05, 4.69) is 5.32 Å². The van der Waals surface area contributed by atoms with Crippen LogP contribution in [0.3, 0.4) is 0 Å². The molecule has 29 heavy (non-hydrogen) atoms. The molecule has 0 amide bonds. The van der Waals surface area contributed by atoms with Gasteiger partial charge in [0.15, 0.2) is 9.84 Å². The molecular weight excluding hydrogens is 396 g/mol. The fraction of sp³-hybridized carbons (Fsp3) is 0.455. The summed E-state index contributed by atoms with van der Waals surface area (Å²) in [5.41, 5.74) is 0.142. The molecule has 1 N–H and O–H groups in total. The highest BCUT2D eigenvalue weighted by Crippen LogP contribution is 2.51. The fourth-order valence-electron chi connectivity index (χ4n) is 4.10. The molecule has 0 spiro atoms. The van der Waals surface area contributed by atoms with E-state index in [1.165, 1.54) is 25.1 Å². The SMILES string of the molecule is CCS(=O)(=O)c1ccc(Oc2cc(C)cc(F)c2)c2c1C(CCNC)C(C)(F)C2. The summed E-state index contributed by atoms with van der Waals surface area (Å²) in [5, 5.41) is 3.01. The van der Waals surface area contributed by atoms with E-state index >= 15 is 4.39 Å². The van der Waals surface area contributed by atoms with Crippen molar-refractivity contribution in [2.24, 2.45) is 0 Å². The van der Waals surface area contributed by atoms with E-state index in [1.54, 1.807) is 33.0 Å². The minimum absolute atomic E-state index is 0.0490. The van der Waals surface area contributed by atoms with Gasteiger partial charge in [0.1, 0.15) is 23.0 Å².